The molecule has 1 aliphatic heterocycles. The zero-order valence-electron chi connectivity index (χ0n) is 11.7. The summed E-state index contributed by atoms with van der Waals surface area (Å²) in [6.07, 6.45) is 0.992. The van der Waals surface area contributed by atoms with Crippen LogP contribution in [0.25, 0.3) is 0 Å². The van der Waals surface area contributed by atoms with Gasteiger partial charge in [-0.2, -0.15) is 0 Å². The van der Waals surface area contributed by atoms with Gasteiger partial charge in [0.05, 0.1) is 24.4 Å². The van der Waals surface area contributed by atoms with Gasteiger partial charge in [0.1, 0.15) is 5.82 Å². The smallest absolute Gasteiger partial charge is 0.128 e. The number of aromatic nitrogens is 1. The van der Waals surface area contributed by atoms with Crippen LogP contribution in [-0.4, -0.2) is 46.6 Å². The van der Waals surface area contributed by atoms with Crippen LogP contribution in [0, 0.1) is 0 Å². The second kappa shape index (κ2) is 5.45. The van der Waals surface area contributed by atoms with Gasteiger partial charge in [0.15, 0.2) is 0 Å². The zero-order chi connectivity index (χ0) is 14.0. The van der Waals surface area contributed by atoms with Crippen LogP contribution in [0.3, 0.4) is 0 Å². The Morgan fingerprint density at radius 1 is 1.53 bits per heavy atom. The van der Waals surface area contributed by atoms with Crippen LogP contribution >= 0.6 is 0 Å². The molecule has 2 N–H and O–H groups in total. The summed E-state index contributed by atoms with van der Waals surface area (Å²) in [6.45, 7) is 7.09. The van der Waals surface area contributed by atoms with Crippen molar-refractivity contribution in [1.29, 1.82) is 0 Å². The number of morpholine rings is 1. The molecule has 0 aliphatic carbocycles. The summed E-state index contributed by atoms with van der Waals surface area (Å²) < 4.78 is 5.78. The summed E-state index contributed by atoms with van der Waals surface area (Å²) >= 11 is 0. The second-order valence-corrected chi connectivity index (χ2v) is 5.69. The first-order chi connectivity index (χ1) is 8.91. The first-order valence-electron chi connectivity index (χ1n) is 6.59. The number of hydrogen-bond acceptors (Lipinski definition) is 5. The van der Waals surface area contributed by atoms with Gasteiger partial charge in [-0.3, -0.25) is 0 Å². The van der Waals surface area contributed by atoms with E-state index in [0.717, 1.165) is 17.9 Å². The van der Waals surface area contributed by atoms with E-state index in [4.69, 9.17) is 4.74 Å². The molecule has 0 spiro atoms. The third kappa shape index (κ3) is 3.43. The molecule has 0 saturated carbocycles. The Labute approximate surface area is 113 Å². The Bertz CT molecular complexity index is 417. The normalized spacial score (nSPS) is 24.3. The molecule has 5 heteroatoms. The molecule has 2 heterocycles. The highest BCUT2D eigenvalue weighted by Crippen LogP contribution is 2.25. The molecular formula is C14H22N2O3. The van der Waals surface area contributed by atoms with Crippen molar-refractivity contribution in [2.75, 3.05) is 24.6 Å². The van der Waals surface area contributed by atoms with E-state index >= 15 is 0 Å². The SMILES string of the molecule is C[C@@H](O)c1ccc(N2CC(CO)OC(C)(C)C2)nc1. The van der Waals surface area contributed by atoms with E-state index in [-0.39, 0.29) is 18.3 Å². The highest BCUT2D eigenvalue weighted by molar-refractivity contribution is 5.41. The Morgan fingerprint density at radius 3 is 2.79 bits per heavy atom. The molecule has 0 aromatic carbocycles. The van der Waals surface area contributed by atoms with Gasteiger partial charge >= 0.3 is 0 Å². The van der Waals surface area contributed by atoms with E-state index in [1.54, 1.807) is 13.1 Å². The molecule has 2 atom stereocenters. The molecule has 1 unspecified atom stereocenters. The summed E-state index contributed by atoms with van der Waals surface area (Å²) in [5.74, 6) is 0.847. The maximum atomic E-state index is 9.48. The Morgan fingerprint density at radius 2 is 2.26 bits per heavy atom. The van der Waals surface area contributed by atoms with Gasteiger partial charge in [0, 0.05) is 19.3 Å². The third-order valence-electron chi connectivity index (χ3n) is 3.26. The fraction of sp³-hybridized carbons (Fsp3) is 0.643. The predicted octanol–water partition coefficient (Wildman–Crippen LogP) is 1.11. The van der Waals surface area contributed by atoms with Gasteiger partial charge in [-0.25, -0.2) is 4.98 Å². The quantitative estimate of drug-likeness (QED) is 0.858. The van der Waals surface area contributed by atoms with Crippen molar-refractivity contribution in [1.82, 2.24) is 4.98 Å². The summed E-state index contributed by atoms with van der Waals surface area (Å²) in [7, 11) is 0. The van der Waals surface area contributed by atoms with E-state index in [1.807, 2.05) is 26.0 Å². The largest absolute Gasteiger partial charge is 0.394 e. The van der Waals surface area contributed by atoms with E-state index < -0.39 is 6.10 Å². The van der Waals surface area contributed by atoms with Crippen LogP contribution in [0.15, 0.2) is 18.3 Å². The van der Waals surface area contributed by atoms with Crippen molar-refractivity contribution in [3.63, 3.8) is 0 Å². The molecule has 1 saturated heterocycles. The molecule has 5 nitrogen and oxygen atoms in total. The summed E-state index contributed by atoms with van der Waals surface area (Å²) in [5.41, 5.74) is 0.492. The fourth-order valence-corrected chi connectivity index (χ4v) is 2.40. The van der Waals surface area contributed by atoms with Gasteiger partial charge in [-0.15, -0.1) is 0 Å². The van der Waals surface area contributed by atoms with Crippen LogP contribution in [0.2, 0.25) is 0 Å². The Balaban J connectivity index is 2.16. The van der Waals surface area contributed by atoms with Crippen molar-refractivity contribution < 1.29 is 14.9 Å². The number of nitrogens with zero attached hydrogens (tertiary/aromatic N) is 2. The Hall–Kier alpha value is -1.17. The molecule has 0 radical (unpaired) electrons. The molecule has 0 bridgehead atoms. The lowest BCUT2D eigenvalue weighted by molar-refractivity contribution is -0.101. The van der Waals surface area contributed by atoms with Crippen LogP contribution in [0.5, 0.6) is 0 Å². The van der Waals surface area contributed by atoms with E-state index in [0.29, 0.717) is 6.54 Å². The first kappa shape index (κ1) is 14.2. The number of rotatable bonds is 3. The number of aliphatic hydroxyl groups is 2. The van der Waals surface area contributed by atoms with E-state index in [9.17, 15) is 10.2 Å². The van der Waals surface area contributed by atoms with Crippen LogP contribution < -0.4 is 4.90 Å². The lowest BCUT2D eigenvalue weighted by Gasteiger charge is -2.42. The maximum Gasteiger partial charge on any atom is 0.128 e. The number of ether oxygens (including phenoxy) is 1. The van der Waals surface area contributed by atoms with Gasteiger partial charge in [-0.05, 0) is 32.4 Å². The molecule has 19 heavy (non-hydrogen) atoms. The van der Waals surface area contributed by atoms with Crippen molar-refractivity contribution >= 4 is 5.82 Å². The maximum absolute atomic E-state index is 9.48. The van der Waals surface area contributed by atoms with Gasteiger partial charge in [0.25, 0.3) is 0 Å². The minimum atomic E-state index is -0.507. The number of pyridine rings is 1. The van der Waals surface area contributed by atoms with Crippen LogP contribution in [-0.2, 0) is 4.74 Å². The van der Waals surface area contributed by atoms with E-state index in [2.05, 4.69) is 9.88 Å². The minimum absolute atomic E-state index is 0.00564. The zero-order valence-corrected chi connectivity index (χ0v) is 11.7. The van der Waals surface area contributed by atoms with Gasteiger partial charge < -0.3 is 19.8 Å². The summed E-state index contributed by atoms with van der Waals surface area (Å²) in [5, 5.41) is 18.8. The van der Waals surface area contributed by atoms with Gasteiger partial charge in [0.2, 0.25) is 0 Å². The van der Waals surface area contributed by atoms with E-state index in [1.165, 1.54) is 0 Å². The molecule has 106 valence electrons. The molecule has 2 rings (SSSR count). The standard InChI is InChI=1S/C14H22N2O3/c1-10(18)11-4-5-13(15-6-11)16-7-12(8-17)19-14(2,3)9-16/h4-6,10,12,17-18H,7-9H2,1-3H3/t10-,12?/m1/s1. The molecule has 1 aromatic heterocycles. The van der Waals surface area contributed by atoms with Crippen molar-refractivity contribution in [3.8, 4) is 0 Å². The lowest BCUT2D eigenvalue weighted by Crippen LogP contribution is -2.54. The third-order valence-corrected chi connectivity index (χ3v) is 3.26. The monoisotopic (exact) mass is 266 g/mol. The molecule has 1 aliphatic rings. The average Bonchev–Trinajstić information content (AvgIpc) is 2.37. The van der Waals surface area contributed by atoms with Gasteiger partial charge in [-0.1, -0.05) is 6.07 Å². The first-order valence-corrected chi connectivity index (χ1v) is 6.59. The summed E-state index contributed by atoms with van der Waals surface area (Å²) in [4.78, 5) is 6.49. The number of aliphatic hydroxyl groups excluding tert-OH is 2. The van der Waals surface area contributed by atoms with Crippen molar-refractivity contribution in [3.05, 3.63) is 23.9 Å². The molecule has 1 fully saturated rings. The molecular weight excluding hydrogens is 244 g/mol. The number of anilines is 1. The highest BCUT2D eigenvalue weighted by atomic mass is 16.5. The fourth-order valence-electron chi connectivity index (χ4n) is 2.40. The Kier molecular flexibility index (Phi) is 4.08. The lowest BCUT2D eigenvalue weighted by atomic mass is 10.1. The topological polar surface area (TPSA) is 65.8 Å². The highest BCUT2D eigenvalue weighted by Gasteiger charge is 2.33. The summed E-state index contributed by atoms with van der Waals surface area (Å²) in [6, 6.07) is 3.78. The van der Waals surface area contributed by atoms with Crippen molar-refractivity contribution in [2.45, 2.75) is 38.6 Å². The average molecular weight is 266 g/mol. The van der Waals surface area contributed by atoms with Crippen molar-refractivity contribution in [2.24, 2.45) is 0 Å². The molecule has 0 amide bonds. The van der Waals surface area contributed by atoms with Crippen LogP contribution in [0.1, 0.15) is 32.4 Å². The van der Waals surface area contributed by atoms with Crippen LogP contribution in [0.4, 0.5) is 5.82 Å². The number of hydrogen-bond donors (Lipinski definition) is 2. The predicted molar refractivity (Wildman–Crippen MR) is 73.1 cm³/mol. The molecule has 1 aromatic rings. The second-order valence-electron chi connectivity index (χ2n) is 5.69. The minimum Gasteiger partial charge on any atom is -0.394 e.